The van der Waals surface area contributed by atoms with Crippen LogP contribution in [0.4, 0.5) is 4.79 Å². The first-order valence-corrected chi connectivity index (χ1v) is 10.2. The van der Waals surface area contributed by atoms with E-state index in [1.807, 2.05) is 42.3 Å². The van der Waals surface area contributed by atoms with Gasteiger partial charge in [0.2, 0.25) is 5.91 Å². The van der Waals surface area contributed by atoms with Gasteiger partial charge in [-0.1, -0.05) is 30.3 Å². The molecule has 0 radical (unpaired) electrons. The summed E-state index contributed by atoms with van der Waals surface area (Å²) in [6.07, 6.45) is 3.88. The molecule has 2 saturated heterocycles. The molecule has 6 nitrogen and oxygen atoms in total. The van der Waals surface area contributed by atoms with Gasteiger partial charge in [0.05, 0.1) is 0 Å². The summed E-state index contributed by atoms with van der Waals surface area (Å²) in [6.45, 7) is 4.78. The van der Waals surface area contributed by atoms with Gasteiger partial charge in [0.1, 0.15) is 0 Å². The molecule has 3 rings (SSSR count). The van der Waals surface area contributed by atoms with Crippen molar-refractivity contribution in [2.24, 2.45) is 11.8 Å². The third-order valence-corrected chi connectivity index (χ3v) is 5.69. The molecule has 1 aromatic rings. The summed E-state index contributed by atoms with van der Waals surface area (Å²) in [5, 5.41) is 6.51. The lowest BCUT2D eigenvalue weighted by molar-refractivity contribution is -0.126. The van der Waals surface area contributed by atoms with Gasteiger partial charge in [-0.3, -0.25) is 4.79 Å². The number of hydrogen-bond donors (Lipinski definition) is 2. The molecule has 0 saturated carbocycles. The van der Waals surface area contributed by atoms with E-state index in [1.54, 1.807) is 4.90 Å². The average molecular weight is 409 g/mol. The summed E-state index contributed by atoms with van der Waals surface area (Å²) in [4.78, 5) is 28.7. The minimum Gasteiger partial charge on any atom is -0.356 e. The third-order valence-electron chi connectivity index (χ3n) is 5.69. The molecule has 2 heterocycles. The molecule has 2 aliphatic heterocycles. The second kappa shape index (κ2) is 11.3. The fraction of sp³-hybridized carbons (Fsp3) is 0.619. The Morgan fingerprint density at radius 1 is 1.18 bits per heavy atom. The van der Waals surface area contributed by atoms with Crippen molar-refractivity contribution < 1.29 is 9.59 Å². The highest BCUT2D eigenvalue weighted by atomic mass is 35.5. The van der Waals surface area contributed by atoms with Crippen LogP contribution in [-0.4, -0.2) is 61.5 Å². The van der Waals surface area contributed by atoms with Gasteiger partial charge in [0.25, 0.3) is 0 Å². The van der Waals surface area contributed by atoms with Crippen molar-refractivity contribution in [1.29, 1.82) is 0 Å². The largest absolute Gasteiger partial charge is 0.356 e. The molecule has 0 aliphatic carbocycles. The second-order valence-corrected chi connectivity index (χ2v) is 7.84. The molecule has 2 N–H and O–H groups in total. The van der Waals surface area contributed by atoms with Crippen LogP contribution in [0.25, 0.3) is 0 Å². The van der Waals surface area contributed by atoms with E-state index < -0.39 is 0 Å². The van der Waals surface area contributed by atoms with Crippen molar-refractivity contribution in [3.05, 3.63) is 35.9 Å². The summed E-state index contributed by atoms with van der Waals surface area (Å²) in [6, 6.07) is 10.1. The molecule has 28 heavy (non-hydrogen) atoms. The van der Waals surface area contributed by atoms with E-state index in [0.29, 0.717) is 25.6 Å². The molecular formula is C21H33ClN4O2. The van der Waals surface area contributed by atoms with Crippen LogP contribution >= 0.6 is 12.4 Å². The Balaban J connectivity index is 0.00000280. The Morgan fingerprint density at radius 3 is 2.54 bits per heavy atom. The Bertz CT molecular complexity index is 614. The number of benzene rings is 1. The van der Waals surface area contributed by atoms with E-state index >= 15 is 0 Å². The van der Waals surface area contributed by atoms with Gasteiger partial charge in [-0.05, 0) is 50.3 Å². The van der Waals surface area contributed by atoms with Crippen LogP contribution in [0.3, 0.4) is 0 Å². The predicted molar refractivity (Wildman–Crippen MR) is 113 cm³/mol. The van der Waals surface area contributed by atoms with Crippen LogP contribution in [0.15, 0.2) is 30.3 Å². The third kappa shape index (κ3) is 6.38. The SMILES string of the molecule is CN(Cc1ccccc1)C(=O)N1CCC(C(=O)NCC2CCCNC2)CC1.Cl. The average Bonchev–Trinajstić information content (AvgIpc) is 2.73. The number of carbonyl (C=O) groups is 2. The van der Waals surface area contributed by atoms with Crippen molar-refractivity contribution in [2.45, 2.75) is 32.2 Å². The molecule has 2 aliphatic rings. The lowest BCUT2D eigenvalue weighted by Gasteiger charge is -2.34. The first-order valence-electron chi connectivity index (χ1n) is 10.2. The highest BCUT2D eigenvalue weighted by molar-refractivity contribution is 5.85. The molecule has 1 unspecified atom stereocenters. The number of carbonyl (C=O) groups excluding carboxylic acids is 2. The summed E-state index contributed by atoms with van der Waals surface area (Å²) in [5.74, 6) is 0.742. The normalized spacial score (nSPS) is 20.2. The van der Waals surface area contributed by atoms with Crippen LogP contribution in [0.2, 0.25) is 0 Å². The van der Waals surface area contributed by atoms with Crippen molar-refractivity contribution in [1.82, 2.24) is 20.4 Å². The molecule has 3 amide bonds. The molecule has 0 aromatic heterocycles. The van der Waals surface area contributed by atoms with E-state index in [1.165, 1.54) is 12.8 Å². The van der Waals surface area contributed by atoms with Crippen molar-refractivity contribution in [3.8, 4) is 0 Å². The van der Waals surface area contributed by atoms with Crippen LogP contribution in [-0.2, 0) is 11.3 Å². The molecule has 1 atom stereocenters. The fourth-order valence-corrected chi connectivity index (χ4v) is 3.99. The first-order chi connectivity index (χ1) is 13.1. The number of rotatable bonds is 5. The van der Waals surface area contributed by atoms with E-state index in [2.05, 4.69) is 10.6 Å². The van der Waals surface area contributed by atoms with Crippen molar-refractivity contribution >= 4 is 24.3 Å². The number of nitrogens with one attached hydrogen (secondary N) is 2. The molecule has 156 valence electrons. The number of halogens is 1. The number of urea groups is 1. The van der Waals surface area contributed by atoms with E-state index in [4.69, 9.17) is 0 Å². The van der Waals surface area contributed by atoms with E-state index in [0.717, 1.165) is 38.0 Å². The maximum absolute atomic E-state index is 12.7. The van der Waals surface area contributed by atoms with Crippen LogP contribution in [0, 0.1) is 11.8 Å². The van der Waals surface area contributed by atoms with Gasteiger partial charge >= 0.3 is 6.03 Å². The van der Waals surface area contributed by atoms with Gasteiger partial charge in [-0.25, -0.2) is 4.79 Å². The zero-order valence-corrected chi connectivity index (χ0v) is 17.5. The Hall–Kier alpha value is -1.79. The number of amides is 3. The quantitative estimate of drug-likeness (QED) is 0.786. The van der Waals surface area contributed by atoms with Crippen LogP contribution in [0.1, 0.15) is 31.2 Å². The first kappa shape index (κ1) is 22.5. The minimum atomic E-state index is 0. The van der Waals surface area contributed by atoms with E-state index in [9.17, 15) is 9.59 Å². The monoisotopic (exact) mass is 408 g/mol. The predicted octanol–water partition coefficient (Wildman–Crippen LogP) is 2.49. The number of piperidine rings is 2. The van der Waals surface area contributed by atoms with E-state index in [-0.39, 0.29) is 30.3 Å². The standard InChI is InChI=1S/C21H32N4O2.ClH/c1-24(16-17-6-3-2-4-7-17)21(27)25-12-9-19(10-13-25)20(26)23-15-18-8-5-11-22-14-18;/h2-4,6-7,18-19,22H,5,8-16H2,1H3,(H,23,26);1H. The number of likely N-dealkylation sites (tertiary alicyclic amines) is 1. The lowest BCUT2D eigenvalue weighted by atomic mass is 9.95. The van der Waals surface area contributed by atoms with Gasteiger partial charge in [-0.2, -0.15) is 0 Å². The molecule has 1 aromatic carbocycles. The molecule has 0 spiro atoms. The molecule has 2 fully saturated rings. The van der Waals surface area contributed by atoms with Gasteiger partial charge < -0.3 is 20.4 Å². The topological polar surface area (TPSA) is 64.7 Å². The molecule has 0 bridgehead atoms. The van der Waals surface area contributed by atoms with Crippen molar-refractivity contribution in [3.63, 3.8) is 0 Å². The Morgan fingerprint density at radius 2 is 1.89 bits per heavy atom. The number of hydrogen-bond acceptors (Lipinski definition) is 3. The highest BCUT2D eigenvalue weighted by Crippen LogP contribution is 2.19. The zero-order chi connectivity index (χ0) is 19.1. The van der Waals surface area contributed by atoms with Gasteiger partial charge in [-0.15, -0.1) is 12.4 Å². The van der Waals surface area contributed by atoms with Gasteiger partial charge in [0.15, 0.2) is 0 Å². The maximum atomic E-state index is 12.7. The summed E-state index contributed by atoms with van der Waals surface area (Å²) in [5.41, 5.74) is 1.12. The van der Waals surface area contributed by atoms with Crippen LogP contribution in [0.5, 0.6) is 0 Å². The minimum absolute atomic E-state index is 0. The number of nitrogens with zero attached hydrogens (tertiary/aromatic N) is 2. The lowest BCUT2D eigenvalue weighted by Crippen LogP contribution is -2.48. The summed E-state index contributed by atoms with van der Waals surface area (Å²) < 4.78 is 0. The smallest absolute Gasteiger partial charge is 0.320 e. The second-order valence-electron chi connectivity index (χ2n) is 7.84. The molecular weight excluding hydrogens is 376 g/mol. The Labute approximate surface area is 174 Å². The van der Waals surface area contributed by atoms with Crippen molar-refractivity contribution in [2.75, 3.05) is 39.8 Å². The van der Waals surface area contributed by atoms with Gasteiger partial charge in [0, 0.05) is 39.1 Å². The summed E-state index contributed by atoms with van der Waals surface area (Å²) >= 11 is 0. The fourth-order valence-electron chi connectivity index (χ4n) is 3.99. The van der Waals surface area contributed by atoms with Crippen LogP contribution < -0.4 is 10.6 Å². The maximum Gasteiger partial charge on any atom is 0.320 e. The zero-order valence-electron chi connectivity index (χ0n) is 16.7. The Kier molecular flexibility index (Phi) is 9.06. The summed E-state index contributed by atoms with van der Waals surface area (Å²) in [7, 11) is 1.84. The highest BCUT2D eigenvalue weighted by Gasteiger charge is 2.29. The molecule has 7 heteroatoms.